The van der Waals surface area contributed by atoms with E-state index in [-0.39, 0.29) is 6.42 Å². The van der Waals surface area contributed by atoms with Gasteiger partial charge in [-0.15, -0.1) is 0 Å². The molecule has 1 aliphatic rings. The monoisotopic (exact) mass is 292 g/mol. The van der Waals surface area contributed by atoms with Crippen molar-refractivity contribution in [3.8, 4) is 0 Å². The molecular weight excluding hydrogens is 272 g/mol. The largest absolute Gasteiger partial charge is 0.450 e. The highest BCUT2D eigenvalue weighted by molar-refractivity contribution is 6.37. The first kappa shape index (κ1) is 17.0. The van der Waals surface area contributed by atoms with E-state index in [1.807, 2.05) is 0 Å². The van der Waals surface area contributed by atoms with Crippen LogP contribution in [0.1, 0.15) is 26.7 Å². The van der Waals surface area contributed by atoms with E-state index in [0.717, 1.165) is 0 Å². The van der Waals surface area contributed by atoms with E-state index in [1.165, 1.54) is 6.92 Å². The second-order valence-corrected chi connectivity index (χ2v) is 5.05. The molecule has 0 radical (unpaired) electrons. The molecule has 0 amide bonds. The quantitative estimate of drug-likeness (QED) is 0.243. The Bertz CT molecular complexity index is 366. The predicted octanol–water partition coefficient (Wildman–Crippen LogP) is -1.91. The second kappa shape index (κ2) is 6.59. The molecular formula is C12H20O8. The Labute approximate surface area is 115 Å². The van der Waals surface area contributed by atoms with Crippen LogP contribution in [0.15, 0.2) is 0 Å². The highest BCUT2D eigenvalue weighted by Gasteiger charge is 2.49. The van der Waals surface area contributed by atoms with Crippen LogP contribution in [0.2, 0.25) is 0 Å². The molecule has 1 rings (SSSR count). The molecule has 8 nitrogen and oxygen atoms in total. The number of hydrogen-bond donors (Lipinski definition) is 4. The van der Waals surface area contributed by atoms with Gasteiger partial charge in [0.15, 0.2) is 18.5 Å². The number of Topliss-reactive ketones (excluding diaryl/α,β-unsaturated/α-hetero) is 1. The first-order valence-electron chi connectivity index (χ1n) is 6.31. The van der Waals surface area contributed by atoms with Gasteiger partial charge < -0.3 is 29.9 Å². The van der Waals surface area contributed by atoms with Crippen LogP contribution in [-0.4, -0.2) is 69.0 Å². The number of ketones is 1. The van der Waals surface area contributed by atoms with Crippen LogP contribution >= 0.6 is 0 Å². The maximum absolute atomic E-state index is 11.5. The number of carbonyl (C=O) groups is 2. The highest BCUT2D eigenvalue weighted by atomic mass is 16.6. The number of hydrogen-bond acceptors (Lipinski definition) is 8. The Balaban J connectivity index is 2.72. The van der Waals surface area contributed by atoms with Crippen LogP contribution in [-0.2, 0) is 19.1 Å². The number of cyclic esters (lactones) is 1. The third kappa shape index (κ3) is 3.97. The van der Waals surface area contributed by atoms with Crippen LogP contribution < -0.4 is 0 Å². The molecule has 0 aliphatic carbocycles. The fourth-order valence-corrected chi connectivity index (χ4v) is 1.77. The molecule has 3 unspecified atom stereocenters. The fourth-order valence-electron chi connectivity index (χ4n) is 1.77. The van der Waals surface area contributed by atoms with E-state index in [9.17, 15) is 24.9 Å². The van der Waals surface area contributed by atoms with Gasteiger partial charge in [0.2, 0.25) is 0 Å². The normalized spacial score (nSPS) is 28.9. The number of aliphatic hydroxyl groups is 4. The Hall–Kier alpha value is -1.06. The van der Waals surface area contributed by atoms with E-state index in [4.69, 9.17) is 9.84 Å². The Kier molecular flexibility index (Phi) is 5.60. The predicted molar refractivity (Wildman–Crippen MR) is 64.4 cm³/mol. The molecule has 0 spiro atoms. The topological polar surface area (TPSA) is 134 Å². The Morgan fingerprint density at radius 1 is 1.40 bits per heavy atom. The van der Waals surface area contributed by atoms with Gasteiger partial charge in [-0.1, -0.05) is 6.92 Å². The van der Waals surface area contributed by atoms with E-state index >= 15 is 0 Å². The zero-order valence-electron chi connectivity index (χ0n) is 11.4. The summed E-state index contributed by atoms with van der Waals surface area (Å²) in [6.07, 6.45) is -5.71. The van der Waals surface area contributed by atoms with Gasteiger partial charge in [-0.05, 0) is 13.3 Å². The lowest BCUT2D eigenvalue weighted by atomic mass is 9.99. The zero-order chi connectivity index (χ0) is 15.5. The smallest absolute Gasteiger partial charge is 0.378 e. The Morgan fingerprint density at radius 2 is 2.00 bits per heavy atom. The van der Waals surface area contributed by atoms with Crippen molar-refractivity contribution in [1.82, 2.24) is 0 Å². The van der Waals surface area contributed by atoms with E-state index in [0.29, 0.717) is 6.42 Å². The van der Waals surface area contributed by atoms with Gasteiger partial charge in [-0.2, -0.15) is 0 Å². The summed E-state index contributed by atoms with van der Waals surface area (Å²) in [5.41, 5.74) is -1.20. The lowest BCUT2D eigenvalue weighted by Crippen LogP contribution is -2.44. The van der Waals surface area contributed by atoms with Crippen LogP contribution in [0.25, 0.3) is 0 Å². The summed E-state index contributed by atoms with van der Waals surface area (Å²) in [6, 6.07) is 0. The standard InChI is InChI=1S/C12H20O8/c1-3-12(2,18)4-7(15)19-10-8(16)11(17)20-9(10)6(14)5-13/h6-7,9-10,13-15,18H,3-5H2,1-2H3/t6-,7?,9+,10?,12?/m0/s1. The molecule has 0 bridgehead atoms. The lowest BCUT2D eigenvalue weighted by Gasteiger charge is -2.27. The summed E-state index contributed by atoms with van der Waals surface area (Å²) in [5, 5.41) is 37.8. The van der Waals surface area contributed by atoms with E-state index < -0.39 is 48.6 Å². The van der Waals surface area contributed by atoms with Crippen LogP contribution in [0, 0.1) is 0 Å². The first-order valence-corrected chi connectivity index (χ1v) is 6.31. The van der Waals surface area contributed by atoms with E-state index in [1.54, 1.807) is 6.92 Å². The summed E-state index contributed by atoms with van der Waals surface area (Å²) in [5.74, 6) is -2.24. The minimum Gasteiger partial charge on any atom is -0.450 e. The summed E-state index contributed by atoms with van der Waals surface area (Å²) >= 11 is 0. The summed E-state index contributed by atoms with van der Waals surface area (Å²) in [7, 11) is 0. The summed E-state index contributed by atoms with van der Waals surface area (Å²) in [4.78, 5) is 22.7. The molecule has 116 valence electrons. The van der Waals surface area contributed by atoms with Crippen molar-refractivity contribution in [2.45, 2.75) is 56.9 Å². The van der Waals surface area contributed by atoms with Crippen molar-refractivity contribution in [1.29, 1.82) is 0 Å². The van der Waals surface area contributed by atoms with Gasteiger partial charge in [0, 0.05) is 6.42 Å². The zero-order valence-corrected chi connectivity index (χ0v) is 11.4. The molecule has 0 aromatic rings. The third-order valence-electron chi connectivity index (χ3n) is 3.25. The van der Waals surface area contributed by atoms with Crippen LogP contribution in [0.3, 0.4) is 0 Å². The van der Waals surface area contributed by atoms with Crippen molar-refractivity contribution in [3.63, 3.8) is 0 Å². The van der Waals surface area contributed by atoms with Gasteiger partial charge in [0.05, 0.1) is 12.2 Å². The first-order chi connectivity index (χ1) is 9.21. The minimum atomic E-state index is -1.51. The fraction of sp³-hybridized carbons (Fsp3) is 0.833. The molecule has 1 aliphatic heterocycles. The van der Waals surface area contributed by atoms with Gasteiger partial charge >= 0.3 is 5.97 Å². The lowest BCUT2D eigenvalue weighted by molar-refractivity contribution is -0.190. The molecule has 0 saturated carbocycles. The van der Waals surface area contributed by atoms with Crippen molar-refractivity contribution in [2.75, 3.05) is 6.61 Å². The van der Waals surface area contributed by atoms with Gasteiger partial charge in [-0.3, -0.25) is 4.79 Å². The molecule has 1 fully saturated rings. The Morgan fingerprint density at radius 3 is 2.50 bits per heavy atom. The summed E-state index contributed by atoms with van der Waals surface area (Å²) in [6.45, 7) is 2.46. The number of aliphatic hydroxyl groups excluding tert-OH is 3. The number of ether oxygens (including phenoxy) is 2. The molecule has 4 N–H and O–H groups in total. The van der Waals surface area contributed by atoms with Gasteiger partial charge in [-0.25, -0.2) is 4.79 Å². The molecule has 8 heteroatoms. The van der Waals surface area contributed by atoms with Crippen molar-refractivity contribution in [3.05, 3.63) is 0 Å². The minimum absolute atomic E-state index is 0.177. The molecule has 5 atom stereocenters. The maximum Gasteiger partial charge on any atom is 0.378 e. The average molecular weight is 292 g/mol. The number of carbonyl (C=O) groups excluding carboxylic acids is 2. The van der Waals surface area contributed by atoms with Crippen molar-refractivity contribution in [2.24, 2.45) is 0 Å². The average Bonchev–Trinajstić information content (AvgIpc) is 2.65. The second-order valence-electron chi connectivity index (χ2n) is 5.05. The molecule has 20 heavy (non-hydrogen) atoms. The molecule has 0 aromatic heterocycles. The number of esters is 1. The molecule has 1 heterocycles. The summed E-state index contributed by atoms with van der Waals surface area (Å²) < 4.78 is 9.60. The molecule has 1 saturated heterocycles. The highest BCUT2D eigenvalue weighted by Crippen LogP contribution is 2.23. The molecule has 0 aromatic carbocycles. The SMILES string of the molecule is CCC(C)(O)CC(O)OC1C(=O)C(=O)O[C@@H]1[C@@H](O)CO. The van der Waals surface area contributed by atoms with Gasteiger partial charge in [0.1, 0.15) is 6.10 Å². The van der Waals surface area contributed by atoms with Gasteiger partial charge in [0.25, 0.3) is 5.78 Å². The third-order valence-corrected chi connectivity index (χ3v) is 3.25. The van der Waals surface area contributed by atoms with Crippen LogP contribution in [0.5, 0.6) is 0 Å². The van der Waals surface area contributed by atoms with Crippen LogP contribution in [0.4, 0.5) is 0 Å². The van der Waals surface area contributed by atoms with Crippen molar-refractivity contribution < 1.29 is 39.5 Å². The number of rotatable bonds is 7. The van der Waals surface area contributed by atoms with Crippen molar-refractivity contribution >= 4 is 11.8 Å². The maximum atomic E-state index is 11.5. The van der Waals surface area contributed by atoms with E-state index in [2.05, 4.69) is 4.74 Å².